The number of hydrogen-bond donors (Lipinski definition) is 6. The number of phenols is 2. The van der Waals surface area contributed by atoms with Gasteiger partial charge in [0, 0.05) is 23.8 Å². The van der Waals surface area contributed by atoms with E-state index in [1.807, 2.05) is 0 Å². The van der Waals surface area contributed by atoms with Crippen LogP contribution >= 0.6 is 0 Å². The molecule has 6 N–H and O–H groups in total. The second-order valence-corrected chi connectivity index (χ2v) is 7.53. The molecule has 12 nitrogen and oxygen atoms in total. The Hall–Kier alpha value is -3.84. The number of hydrogen-bond acceptors (Lipinski definition) is 11. The number of benzene rings is 2. The number of carboxylic acids is 1. The Morgan fingerprint density at radius 3 is 2.38 bits per heavy atom. The summed E-state index contributed by atoms with van der Waals surface area (Å²) in [6.07, 6.45) is -9.23. The van der Waals surface area contributed by atoms with E-state index >= 15 is 0 Å². The van der Waals surface area contributed by atoms with Crippen LogP contribution in [-0.2, 0) is 9.53 Å². The third-order valence-electron chi connectivity index (χ3n) is 5.31. The number of ether oxygens (including phenoxy) is 3. The van der Waals surface area contributed by atoms with Crippen molar-refractivity contribution < 1.29 is 54.1 Å². The Morgan fingerprint density at radius 1 is 0.971 bits per heavy atom. The predicted molar refractivity (Wildman–Crippen MR) is 113 cm³/mol. The summed E-state index contributed by atoms with van der Waals surface area (Å²) >= 11 is 0. The van der Waals surface area contributed by atoms with Gasteiger partial charge in [-0.2, -0.15) is 0 Å². The molecule has 2 heterocycles. The molecule has 1 aliphatic rings. The molecule has 1 aliphatic heterocycles. The standard InChI is InChI=1S/C22H20O12/c1-31-14-4-8(2-3-10(14)23)13-7-12(25)16-11(24)5-9(6-15(16)33-13)32-22-19(28)17(26)18(27)20(34-22)21(29)30/h2-7,17-20,22-24,26-28H,1H3,(H,29,30)/t17-,18-,19+,20-,22+/m0/s1. The van der Waals surface area contributed by atoms with E-state index in [4.69, 9.17) is 23.7 Å². The molecule has 0 unspecified atom stereocenters. The first-order chi connectivity index (χ1) is 16.1. The first-order valence-corrected chi connectivity index (χ1v) is 9.88. The normalized spacial score (nSPS) is 24.6. The minimum atomic E-state index is -1.90. The zero-order valence-corrected chi connectivity index (χ0v) is 17.5. The fourth-order valence-electron chi connectivity index (χ4n) is 3.57. The molecule has 4 rings (SSSR count). The van der Waals surface area contributed by atoms with Gasteiger partial charge in [-0.15, -0.1) is 0 Å². The molecule has 180 valence electrons. The highest BCUT2D eigenvalue weighted by Gasteiger charge is 2.48. The van der Waals surface area contributed by atoms with Gasteiger partial charge in [-0.05, 0) is 18.2 Å². The van der Waals surface area contributed by atoms with E-state index in [0.29, 0.717) is 5.56 Å². The maximum Gasteiger partial charge on any atom is 0.335 e. The minimum absolute atomic E-state index is 0.0748. The zero-order valence-electron chi connectivity index (χ0n) is 17.5. The number of methoxy groups -OCH3 is 1. The Kier molecular flexibility index (Phi) is 6.06. The fraction of sp³-hybridized carbons (Fsp3) is 0.273. The van der Waals surface area contributed by atoms with Gasteiger partial charge in [0.1, 0.15) is 46.5 Å². The molecule has 34 heavy (non-hydrogen) atoms. The zero-order chi connectivity index (χ0) is 24.7. The van der Waals surface area contributed by atoms with Gasteiger partial charge in [0.15, 0.2) is 23.0 Å². The van der Waals surface area contributed by atoms with Gasteiger partial charge in [-0.1, -0.05) is 0 Å². The minimum Gasteiger partial charge on any atom is -0.507 e. The summed E-state index contributed by atoms with van der Waals surface area (Å²) < 4.78 is 21.3. The van der Waals surface area contributed by atoms with Crippen molar-refractivity contribution >= 4 is 16.9 Å². The highest BCUT2D eigenvalue weighted by molar-refractivity contribution is 5.86. The van der Waals surface area contributed by atoms with Crippen LogP contribution in [0.1, 0.15) is 0 Å². The van der Waals surface area contributed by atoms with E-state index < -0.39 is 47.9 Å². The molecule has 0 bridgehead atoms. The van der Waals surface area contributed by atoms with Gasteiger partial charge in [-0.25, -0.2) is 4.79 Å². The van der Waals surface area contributed by atoms with Gasteiger partial charge >= 0.3 is 5.97 Å². The molecule has 1 saturated heterocycles. The highest BCUT2D eigenvalue weighted by Crippen LogP contribution is 2.35. The quantitative estimate of drug-likeness (QED) is 0.292. The third kappa shape index (κ3) is 4.10. The summed E-state index contributed by atoms with van der Waals surface area (Å²) in [7, 11) is 1.35. The Bertz CT molecular complexity index is 1300. The molecule has 0 saturated carbocycles. The summed E-state index contributed by atoms with van der Waals surface area (Å²) in [5.74, 6) is -2.22. The van der Waals surface area contributed by atoms with Gasteiger partial charge < -0.3 is 49.3 Å². The predicted octanol–water partition coefficient (Wildman–Crippen LogP) is 0.151. The number of aromatic hydroxyl groups is 2. The van der Waals surface area contributed by atoms with Crippen molar-refractivity contribution in [2.45, 2.75) is 30.7 Å². The Morgan fingerprint density at radius 2 is 1.71 bits per heavy atom. The molecular formula is C22H20O12. The lowest BCUT2D eigenvalue weighted by atomic mass is 9.99. The van der Waals surface area contributed by atoms with E-state index in [0.717, 1.165) is 12.1 Å². The molecule has 12 heteroatoms. The second kappa shape index (κ2) is 8.83. The topological polar surface area (TPSA) is 196 Å². The van der Waals surface area contributed by atoms with Crippen molar-refractivity contribution in [3.63, 3.8) is 0 Å². The van der Waals surface area contributed by atoms with Gasteiger partial charge in [0.25, 0.3) is 0 Å². The SMILES string of the molecule is COc1cc(-c2cc(=O)c3c(O)cc(O[C@@H]4O[C@H](C(=O)O)[C@@H](O)[C@H](O)[C@H]4O)cc3o2)ccc1O. The molecule has 3 aromatic rings. The summed E-state index contributed by atoms with van der Waals surface area (Å²) in [6, 6.07) is 7.61. The lowest BCUT2D eigenvalue weighted by Crippen LogP contribution is -2.61. The number of carbonyl (C=O) groups is 1. The fourth-order valence-corrected chi connectivity index (χ4v) is 3.57. The number of aliphatic carboxylic acids is 1. The van der Waals surface area contributed by atoms with Crippen molar-refractivity contribution in [3.8, 4) is 34.3 Å². The number of fused-ring (bicyclic) bond motifs is 1. The van der Waals surface area contributed by atoms with Crippen molar-refractivity contribution in [3.05, 3.63) is 46.6 Å². The van der Waals surface area contributed by atoms with Crippen LogP contribution in [0.3, 0.4) is 0 Å². The summed E-state index contributed by atoms with van der Waals surface area (Å²) in [4.78, 5) is 23.9. The van der Waals surface area contributed by atoms with Gasteiger partial charge in [0.2, 0.25) is 6.29 Å². The highest BCUT2D eigenvalue weighted by atomic mass is 16.7. The molecule has 0 radical (unpaired) electrons. The van der Waals surface area contributed by atoms with Gasteiger partial charge in [-0.3, -0.25) is 4.79 Å². The first-order valence-electron chi connectivity index (χ1n) is 9.88. The molecule has 1 aromatic heterocycles. The van der Waals surface area contributed by atoms with Crippen molar-refractivity contribution in [2.75, 3.05) is 7.11 Å². The number of phenolic OH excluding ortho intramolecular Hbond substituents is 2. The average molecular weight is 476 g/mol. The number of aliphatic hydroxyl groups is 3. The van der Waals surface area contributed by atoms with Crippen LogP contribution in [0.25, 0.3) is 22.3 Å². The number of carboxylic acid groups (broad SMARTS) is 1. The maximum atomic E-state index is 12.6. The van der Waals surface area contributed by atoms with Crippen LogP contribution in [-0.4, -0.2) is 74.4 Å². The molecular weight excluding hydrogens is 456 g/mol. The van der Waals surface area contributed by atoms with E-state index in [1.54, 1.807) is 0 Å². The molecule has 0 amide bonds. The van der Waals surface area contributed by atoms with E-state index in [1.165, 1.54) is 31.4 Å². The largest absolute Gasteiger partial charge is 0.507 e. The van der Waals surface area contributed by atoms with Crippen LogP contribution in [0.5, 0.6) is 23.0 Å². The molecule has 5 atom stereocenters. The lowest BCUT2D eigenvalue weighted by molar-refractivity contribution is -0.271. The van der Waals surface area contributed by atoms with Crippen LogP contribution in [0.4, 0.5) is 0 Å². The van der Waals surface area contributed by atoms with Crippen molar-refractivity contribution in [1.82, 2.24) is 0 Å². The monoisotopic (exact) mass is 476 g/mol. The summed E-state index contributed by atoms with van der Waals surface area (Å²) in [5.41, 5.74) is -0.331. The lowest BCUT2D eigenvalue weighted by Gasteiger charge is -2.38. The van der Waals surface area contributed by atoms with Crippen LogP contribution in [0.2, 0.25) is 0 Å². The van der Waals surface area contributed by atoms with Crippen LogP contribution in [0, 0.1) is 0 Å². The first kappa shape index (κ1) is 23.3. The average Bonchev–Trinajstić information content (AvgIpc) is 2.79. The molecule has 0 spiro atoms. The van der Waals surface area contributed by atoms with Crippen LogP contribution in [0.15, 0.2) is 45.6 Å². The van der Waals surface area contributed by atoms with Crippen molar-refractivity contribution in [1.29, 1.82) is 0 Å². The Balaban J connectivity index is 1.73. The van der Waals surface area contributed by atoms with E-state index in [9.17, 15) is 35.1 Å². The van der Waals surface area contributed by atoms with E-state index in [2.05, 4.69) is 0 Å². The molecule has 0 aliphatic carbocycles. The maximum absolute atomic E-state index is 12.6. The third-order valence-corrected chi connectivity index (χ3v) is 5.31. The summed E-state index contributed by atoms with van der Waals surface area (Å²) in [6.45, 7) is 0. The summed E-state index contributed by atoms with van der Waals surface area (Å²) in [5, 5.41) is 59.0. The second-order valence-electron chi connectivity index (χ2n) is 7.53. The smallest absolute Gasteiger partial charge is 0.335 e. The van der Waals surface area contributed by atoms with E-state index in [-0.39, 0.29) is 34.0 Å². The van der Waals surface area contributed by atoms with Crippen molar-refractivity contribution in [2.24, 2.45) is 0 Å². The number of rotatable bonds is 5. The number of aliphatic hydroxyl groups excluding tert-OH is 3. The molecule has 2 aromatic carbocycles. The van der Waals surface area contributed by atoms with Crippen LogP contribution < -0.4 is 14.9 Å². The molecule has 1 fully saturated rings. The van der Waals surface area contributed by atoms with Gasteiger partial charge in [0.05, 0.1) is 7.11 Å². The Labute approximate surface area is 190 Å².